The second-order valence-electron chi connectivity index (χ2n) is 4.16. The van der Waals surface area contributed by atoms with Crippen LogP contribution in [-0.2, 0) is 10.0 Å². The van der Waals surface area contributed by atoms with E-state index in [0.717, 1.165) is 25.9 Å². The van der Waals surface area contributed by atoms with Crippen LogP contribution in [0.3, 0.4) is 0 Å². The highest BCUT2D eigenvalue weighted by atomic mass is 32.2. The molecule has 2 atom stereocenters. The van der Waals surface area contributed by atoms with E-state index in [-0.39, 0.29) is 5.75 Å². The molecule has 2 aliphatic rings. The van der Waals surface area contributed by atoms with Crippen molar-refractivity contribution in [3.63, 3.8) is 0 Å². The van der Waals surface area contributed by atoms with Gasteiger partial charge in [-0.3, -0.25) is 0 Å². The molecular formula is C9H18N2O2S. The van der Waals surface area contributed by atoms with Gasteiger partial charge >= 0.3 is 0 Å². The van der Waals surface area contributed by atoms with Crippen molar-refractivity contribution in [3.8, 4) is 0 Å². The molecule has 0 aromatic heterocycles. The third-order valence-electron chi connectivity index (χ3n) is 3.38. The largest absolute Gasteiger partial charge is 0.314 e. The molecule has 0 aromatic rings. The molecule has 2 fully saturated rings. The molecule has 0 radical (unpaired) electrons. The van der Waals surface area contributed by atoms with Crippen molar-refractivity contribution in [1.82, 2.24) is 9.62 Å². The minimum absolute atomic E-state index is 0.234. The lowest BCUT2D eigenvalue weighted by atomic mass is 9.95. The number of nitrogens with zero attached hydrogens (tertiary/aromatic N) is 1. The van der Waals surface area contributed by atoms with Gasteiger partial charge in [0.1, 0.15) is 0 Å². The molecule has 0 amide bonds. The van der Waals surface area contributed by atoms with Crippen LogP contribution in [0.5, 0.6) is 0 Å². The number of sulfonamides is 1. The first-order valence-electron chi connectivity index (χ1n) is 5.34. The van der Waals surface area contributed by atoms with E-state index < -0.39 is 10.0 Å². The van der Waals surface area contributed by atoms with Gasteiger partial charge in [-0.2, -0.15) is 0 Å². The second-order valence-corrected chi connectivity index (χ2v) is 6.41. The summed E-state index contributed by atoms with van der Waals surface area (Å²) < 4.78 is 25.0. The van der Waals surface area contributed by atoms with Gasteiger partial charge in [0.2, 0.25) is 10.0 Å². The summed E-state index contributed by atoms with van der Waals surface area (Å²) in [5, 5.41) is 3.43. The molecule has 2 rings (SSSR count). The molecule has 14 heavy (non-hydrogen) atoms. The smallest absolute Gasteiger partial charge is 0.213 e. The molecule has 2 heterocycles. The van der Waals surface area contributed by atoms with Crippen molar-refractivity contribution in [2.24, 2.45) is 5.92 Å². The summed E-state index contributed by atoms with van der Waals surface area (Å²) in [7, 11) is -2.95. The maximum atomic E-state index is 11.6. The summed E-state index contributed by atoms with van der Waals surface area (Å²) in [5.41, 5.74) is 0. The number of hydrogen-bond acceptors (Lipinski definition) is 3. The van der Waals surface area contributed by atoms with Crippen LogP contribution in [0.4, 0.5) is 0 Å². The van der Waals surface area contributed by atoms with E-state index in [0.29, 0.717) is 18.5 Å². The Labute approximate surface area is 85.7 Å². The molecule has 4 nitrogen and oxygen atoms in total. The van der Waals surface area contributed by atoms with Gasteiger partial charge in [-0.1, -0.05) is 0 Å². The first-order valence-corrected chi connectivity index (χ1v) is 6.95. The summed E-state index contributed by atoms with van der Waals surface area (Å²) in [6.45, 7) is 4.20. The van der Waals surface area contributed by atoms with Gasteiger partial charge in [0.05, 0.1) is 5.75 Å². The lowest BCUT2D eigenvalue weighted by Gasteiger charge is -2.33. The Kier molecular flexibility index (Phi) is 2.81. The average Bonchev–Trinajstić information content (AvgIpc) is 2.64. The highest BCUT2D eigenvalue weighted by molar-refractivity contribution is 7.89. The molecule has 0 aliphatic carbocycles. The zero-order chi connectivity index (χ0) is 10.2. The molecule has 2 aliphatic heterocycles. The molecule has 0 spiro atoms. The van der Waals surface area contributed by atoms with Gasteiger partial charge in [-0.15, -0.1) is 0 Å². The summed E-state index contributed by atoms with van der Waals surface area (Å²) in [4.78, 5) is 0. The van der Waals surface area contributed by atoms with Crippen LogP contribution in [0.15, 0.2) is 0 Å². The van der Waals surface area contributed by atoms with Gasteiger partial charge in [0.15, 0.2) is 0 Å². The number of piperidine rings is 1. The molecule has 2 saturated heterocycles. The van der Waals surface area contributed by atoms with E-state index in [1.165, 1.54) is 0 Å². The normalized spacial score (nSPS) is 34.4. The molecule has 5 heteroatoms. The van der Waals surface area contributed by atoms with Crippen LogP contribution in [0.2, 0.25) is 0 Å². The van der Waals surface area contributed by atoms with Gasteiger partial charge in [-0.05, 0) is 32.2 Å². The maximum Gasteiger partial charge on any atom is 0.213 e. The van der Waals surface area contributed by atoms with Crippen LogP contribution < -0.4 is 5.32 Å². The van der Waals surface area contributed by atoms with Crippen molar-refractivity contribution in [3.05, 3.63) is 0 Å². The van der Waals surface area contributed by atoms with Crippen LogP contribution in [0.25, 0.3) is 0 Å². The zero-order valence-corrected chi connectivity index (χ0v) is 9.39. The first-order chi connectivity index (χ1) is 6.63. The fourth-order valence-electron chi connectivity index (χ4n) is 2.45. The lowest BCUT2D eigenvalue weighted by Crippen LogP contribution is -2.47. The van der Waals surface area contributed by atoms with Crippen molar-refractivity contribution in [1.29, 1.82) is 0 Å². The number of fused-ring (bicyclic) bond motifs is 1. The van der Waals surface area contributed by atoms with Crippen molar-refractivity contribution in [2.75, 3.05) is 25.4 Å². The predicted molar refractivity (Wildman–Crippen MR) is 55.5 cm³/mol. The quantitative estimate of drug-likeness (QED) is 0.711. The van der Waals surface area contributed by atoms with Crippen molar-refractivity contribution in [2.45, 2.75) is 25.8 Å². The molecular weight excluding hydrogens is 200 g/mol. The highest BCUT2D eigenvalue weighted by Crippen LogP contribution is 2.26. The maximum absolute atomic E-state index is 11.6. The Hall–Kier alpha value is -0.130. The molecule has 2 unspecified atom stereocenters. The Morgan fingerprint density at radius 2 is 2.21 bits per heavy atom. The van der Waals surface area contributed by atoms with Crippen molar-refractivity contribution < 1.29 is 8.42 Å². The topological polar surface area (TPSA) is 49.4 Å². The van der Waals surface area contributed by atoms with E-state index in [2.05, 4.69) is 5.32 Å². The Morgan fingerprint density at radius 1 is 1.43 bits per heavy atom. The number of nitrogens with one attached hydrogen (secondary N) is 1. The minimum Gasteiger partial charge on any atom is -0.314 e. The van der Waals surface area contributed by atoms with Crippen LogP contribution in [-0.4, -0.2) is 44.2 Å². The number of rotatable bonds is 2. The van der Waals surface area contributed by atoms with E-state index in [4.69, 9.17) is 0 Å². The third kappa shape index (κ3) is 1.81. The fourth-order valence-corrected chi connectivity index (χ4v) is 3.62. The van der Waals surface area contributed by atoms with Crippen LogP contribution in [0.1, 0.15) is 19.8 Å². The highest BCUT2D eigenvalue weighted by Gasteiger charge is 2.36. The molecule has 0 saturated carbocycles. The van der Waals surface area contributed by atoms with Gasteiger partial charge in [0.25, 0.3) is 0 Å². The molecule has 0 bridgehead atoms. The Bertz CT molecular complexity index is 302. The standard InChI is InChI=1S/C9H18N2O2S/c1-2-14(12,13)11-6-4-9-8(7-11)3-5-10-9/h8-10H,2-7H2,1H3. The minimum atomic E-state index is -2.95. The Balaban J connectivity index is 2.04. The number of hydrogen-bond donors (Lipinski definition) is 1. The lowest BCUT2D eigenvalue weighted by molar-refractivity contribution is 0.247. The Morgan fingerprint density at radius 3 is 2.93 bits per heavy atom. The van der Waals surface area contributed by atoms with Gasteiger partial charge in [-0.25, -0.2) is 12.7 Å². The second kappa shape index (κ2) is 3.79. The molecule has 82 valence electrons. The molecule has 0 aromatic carbocycles. The SMILES string of the molecule is CCS(=O)(=O)N1CCC2NCCC2C1. The third-order valence-corrected chi connectivity index (χ3v) is 5.22. The van der Waals surface area contributed by atoms with E-state index in [1.807, 2.05) is 0 Å². The summed E-state index contributed by atoms with van der Waals surface area (Å²) in [6.07, 6.45) is 2.10. The van der Waals surface area contributed by atoms with Crippen LogP contribution >= 0.6 is 0 Å². The zero-order valence-electron chi connectivity index (χ0n) is 8.57. The summed E-state index contributed by atoms with van der Waals surface area (Å²) in [5.74, 6) is 0.780. The molecule has 1 N–H and O–H groups in total. The summed E-state index contributed by atoms with van der Waals surface area (Å²) >= 11 is 0. The van der Waals surface area contributed by atoms with E-state index >= 15 is 0 Å². The predicted octanol–water partition coefficient (Wildman–Crippen LogP) is 0.0199. The van der Waals surface area contributed by atoms with Crippen LogP contribution in [0, 0.1) is 5.92 Å². The fraction of sp³-hybridized carbons (Fsp3) is 1.00. The van der Waals surface area contributed by atoms with E-state index in [1.54, 1.807) is 11.2 Å². The van der Waals surface area contributed by atoms with E-state index in [9.17, 15) is 8.42 Å². The van der Waals surface area contributed by atoms with Gasteiger partial charge in [0, 0.05) is 19.1 Å². The van der Waals surface area contributed by atoms with Gasteiger partial charge < -0.3 is 5.32 Å². The monoisotopic (exact) mass is 218 g/mol. The first kappa shape index (κ1) is 10.4. The average molecular weight is 218 g/mol. The summed E-state index contributed by atoms with van der Waals surface area (Å²) in [6, 6.07) is 0.568. The van der Waals surface area contributed by atoms with Crippen molar-refractivity contribution >= 4 is 10.0 Å².